The quantitative estimate of drug-likeness (QED) is 0.288. The van der Waals surface area contributed by atoms with Crippen LogP contribution >= 0.6 is 0 Å². The standard InChI is InChI=1S/C14H21NO9/c1-7(17)15-11(5-16)13(23-9(3)19)14(24-10(4)20)12(21)6-22-8(2)18/h5,11-14,21H,6H2,1-4H3,(H,15,17). The van der Waals surface area contributed by atoms with Gasteiger partial charge in [-0.15, -0.1) is 0 Å². The molecule has 4 atom stereocenters. The second-order valence-electron chi connectivity index (χ2n) is 4.88. The van der Waals surface area contributed by atoms with Crippen LogP contribution in [0.15, 0.2) is 0 Å². The summed E-state index contributed by atoms with van der Waals surface area (Å²) >= 11 is 0. The molecule has 0 radical (unpaired) electrons. The van der Waals surface area contributed by atoms with Gasteiger partial charge >= 0.3 is 17.9 Å². The first-order chi connectivity index (χ1) is 11.1. The van der Waals surface area contributed by atoms with Gasteiger partial charge in [-0.2, -0.15) is 0 Å². The number of carbonyl (C=O) groups is 5. The van der Waals surface area contributed by atoms with Crippen molar-refractivity contribution in [1.29, 1.82) is 0 Å². The molecule has 0 heterocycles. The molecule has 0 aliphatic heterocycles. The van der Waals surface area contributed by atoms with Gasteiger partial charge in [0.15, 0.2) is 12.2 Å². The van der Waals surface area contributed by atoms with Crippen molar-refractivity contribution in [2.24, 2.45) is 0 Å². The van der Waals surface area contributed by atoms with Crippen LogP contribution in [0.25, 0.3) is 0 Å². The number of esters is 3. The summed E-state index contributed by atoms with van der Waals surface area (Å²) in [6.45, 7) is 3.72. The van der Waals surface area contributed by atoms with Crippen LogP contribution in [0.2, 0.25) is 0 Å². The van der Waals surface area contributed by atoms with Crippen LogP contribution in [0.1, 0.15) is 27.7 Å². The van der Waals surface area contributed by atoms with Gasteiger partial charge in [0, 0.05) is 27.7 Å². The molecule has 4 unspecified atom stereocenters. The Hall–Kier alpha value is -2.49. The summed E-state index contributed by atoms with van der Waals surface area (Å²) in [5.74, 6) is -2.99. The van der Waals surface area contributed by atoms with Crippen molar-refractivity contribution in [3.05, 3.63) is 0 Å². The highest BCUT2D eigenvalue weighted by atomic mass is 16.6. The molecule has 2 N–H and O–H groups in total. The molecule has 10 heteroatoms. The highest BCUT2D eigenvalue weighted by molar-refractivity contribution is 5.78. The topological polar surface area (TPSA) is 145 Å². The Morgan fingerprint density at radius 3 is 1.83 bits per heavy atom. The van der Waals surface area contributed by atoms with Gasteiger partial charge in [-0.1, -0.05) is 0 Å². The van der Waals surface area contributed by atoms with Crippen LogP contribution in [-0.2, 0) is 38.2 Å². The summed E-state index contributed by atoms with van der Waals surface area (Å²) in [4.78, 5) is 55.8. The first kappa shape index (κ1) is 21.5. The number of hydrogen-bond acceptors (Lipinski definition) is 9. The van der Waals surface area contributed by atoms with Crippen molar-refractivity contribution in [2.45, 2.75) is 52.0 Å². The Kier molecular flexibility index (Phi) is 9.25. The highest BCUT2D eigenvalue weighted by Crippen LogP contribution is 2.15. The van der Waals surface area contributed by atoms with Crippen molar-refractivity contribution < 1.29 is 43.3 Å². The maximum Gasteiger partial charge on any atom is 0.303 e. The molecule has 0 aliphatic rings. The monoisotopic (exact) mass is 347 g/mol. The molecule has 0 aromatic heterocycles. The molecule has 24 heavy (non-hydrogen) atoms. The average molecular weight is 347 g/mol. The number of ether oxygens (including phenoxy) is 3. The minimum atomic E-state index is -1.60. The molecule has 0 spiro atoms. The Balaban J connectivity index is 5.55. The number of carbonyl (C=O) groups excluding carboxylic acids is 5. The average Bonchev–Trinajstić information content (AvgIpc) is 2.45. The summed E-state index contributed by atoms with van der Waals surface area (Å²) in [5, 5.41) is 12.3. The van der Waals surface area contributed by atoms with Gasteiger partial charge in [0.25, 0.3) is 0 Å². The summed E-state index contributed by atoms with van der Waals surface area (Å²) < 4.78 is 14.5. The zero-order chi connectivity index (χ0) is 18.9. The number of amides is 1. The number of aldehydes is 1. The van der Waals surface area contributed by atoms with Crippen LogP contribution in [0.3, 0.4) is 0 Å². The number of rotatable bonds is 9. The van der Waals surface area contributed by atoms with E-state index in [1.807, 2.05) is 0 Å². The molecular weight excluding hydrogens is 326 g/mol. The van der Waals surface area contributed by atoms with Crippen molar-refractivity contribution in [2.75, 3.05) is 6.61 Å². The van der Waals surface area contributed by atoms with Crippen molar-refractivity contribution in [3.8, 4) is 0 Å². The molecule has 0 aromatic carbocycles. The number of aliphatic hydroxyl groups excluding tert-OH is 1. The summed E-state index contributed by atoms with van der Waals surface area (Å²) in [5.41, 5.74) is 0. The van der Waals surface area contributed by atoms with Crippen LogP contribution in [0.4, 0.5) is 0 Å². The third-order valence-electron chi connectivity index (χ3n) is 2.63. The van der Waals surface area contributed by atoms with E-state index in [-0.39, 0.29) is 6.29 Å². The smallest absolute Gasteiger partial charge is 0.303 e. The van der Waals surface area contributed by atoms with E-state index in [4.69, 9.17) is 9.47 Å². The normalized spacial score (nSPS) is 15.2. The second-order valence-corrected chi connectivity index (χ2v) is 4.88. The lowest BCUT2D eigenvalue weighted by Crippen LogP contribution is -2.56. The molecule has 136 valence electrons. The van der Waals surface area contributed by atoms with Crippen LogP contribution in [0, 0.1) is 0 Å². The minimum absolute atomic E-state index is 0.268. The zero-order valence-electron chi connectivity index (χ0n) is 13.8. The van der Waals surface area contributed by atoms with Crippen LogP contribution in [-0.4, -0.2) is 66.2 Å². The van der Waals surface area contributed by atoms with Gasteiger partial charge in [0.2, 0.25) is 5.91 Å². The molecule has 0 saturated heterocycles. The third kappa shape index (κ3) is 8.22. The van der Waals surface area contributed by atoms with E-state index in [1.165, 1.54) is 0 Å². The van der Waals surface area contributed by atoms with E-state index in [9.17, 15) is 29.1 Å². The molecule has 0 fully saturated rings. The molecule has 0 aliphatic carbocycles. The fourth-order valence-electron chi connectivity index (χ4n) is 1.82. The lowest BCUT2D eigenvalue weighted by atomic mass is 10.0. The van der Waals surface area contributed by atoms with Gasteiger partial charge in [-0.25, -0.2) is 0 Å². The SMILES string of the molecule is CC(=O)NC(C=O)C(OC(C)=O)C(OC(C)=O)C(O)COC(C)=O. The fourth-order valence-corrected chi connectivity index (χ4v) is 1.82. The first-order valence-corrected chi connectivity index (χ1v) is 6.96. The van der Waals surface area contributed by atoms with Crippen molar-refractivity contribution >= 4 is 30.1 Å². The fraction of sp³-hybridized carbons (Fsp3) is 0.643. The Bertz CT molecular complexity index is 491. The number of aliphatic hydroxyl groups is 1. The van der Waals surface area contributed by atoms with E-state index in [2.05, 4.69) is 10.1 Å². The van der Waals surface area contributed by atoms with E-state index in [0.717, 1.165) is 27.7 Å². The van der Waals surface area contributed by atoms with Gasteiger partial charge in [0.05, 0.1) is 0 Å². The Morgan fingerprint density at radius 2 is 1.46 bits per heavy atom. The van der Waals surface area contributed by atoms with E-state index >= 15 is 0 Å². The second kappa shape index (κ2) is 10.3. The van der Waals surface area contributed by atoms with Crippen molar-refractivity contribution in [3.63, 3.8) is 0 Å². The Labute approximate surface area is 138 Å². The zero-order valence-corrected chi connectivity index (χ0v) is 13.8. The van der Waals surface area contributed by atoms with Gasteiger partial charge in [-0.3, -0.25) is 19.2 Å². The molecular formula is C14H21NO9. The minimum Gasteiger partial charge on any atom is -0.463 e. The molecule has 10 nitrogen and oxygen atoms in total. The Morgan fingerprint density at radius 1 is 0.958 bits per heavy atom. The summed E-state index contributed by atoms with van der Waals surface area (Å²) in [6, 6.07) is -1.39. The van der Waals surface area contributed by atoms with Gasteiger partial charge < -0.3 is 29.4 Å². The van der Waals surface area contributed by atoms with E-state index < -0.39 is 54.8 Å². The molecule has 0 saturated carbocycles. The number of hydrogen-bond donors (Lipinski definition) is 2. The molecule has 1 amide bonds. The number of nitrogens with one attached hydrogen (secondary N) is 1. The molecule has 0 aromatic rings. The summed E-state index contributed by atoms with van der Waals surface area (Å²) in [6.07, 6.45) is -4.39. The van der Waals surface area contributed by atoms with Crippen molar-refractivity contribution in [1.82, 2.24) is 5.32 Å². The molecule has 0 rings (SSSR count). The van der Waals surface area contributed by atoms with Crippen LogP contribution in [0.5, 0.6) is 0 Å². The molecule has 0 bridgehead atoms. The first-order valence-electron chi connectivity index (χ1n) is 6.96. The predicted octanol–water partition coefficient (Wildman–Crippen LogP) is -1.52. The third-order valence-corrected chi connectivity index (χ3v) is 2.63. The lowest BCUT2D eigenvalue weighted by Gasteiger charge is -2.32. The van der Waals surface area contributed by atoms with Gasteiger partial charge in [-0.05, 0) is 0 Å². The maximum absolute atomic E-state index is 11.3. The maximum atomic E-state index is 11.3. The predicted molar refractivity (Wildman–Crippen MR) is 77.4 cm³/mol. The lowest BCUT2D eigenvalue weighted by molar-refractivity contribution is -0.182. The van der Waals surface area contributed by atoms with E-state index in [1.54, 1.807) is 0 Å². The van der Waals surface area contributed by atoms with E-state index in [0.29, 0.717) is 0 Å². The largest absolute Gasteiger partial charge is 0.463 e. The highest BCUT2D eigenvalue weighted by Gasteiger charge is 2.40. The van der Waals surface area contributed by atoms with Gasteiger partial charge in [0.1, 0.15) is 25.0 Å². The summed E-state index contributed by atoms with van der Waals surface area (Å²) in [7, 11) is 0. The van der Waals surface area contributed by atoms with Crippen LogP contribution < -0.4 is 5.32 Å².